The third kappa shape index (κ3) is 3.58. The minimum absolute atomic E-state index is 0.0147. The molecular weight excluding hydrogens is 270 g/mol. The van der Waals surface area contributed by atoms with E-state index in [1.807, 2.05) is 0 Å². The van der Waals surface area contributed by atoms with Crippen LogP contribution in [0.2, 0.25) is 0 Å². The van der Waals surface area contributed by atoms with Crippen molar-refractivity contribution in [1.29, 1.82) is 0 Å². The first-order valence-corrected chi connectivity index (χ1v) is 7.34. The fraction of sp³-hybridized carbons (Fsp3) is 0.533. The number of amides is 1. The molecule has 1 aliphatic heterocycles. The van der Waals surface area contributed by atoms with Crippen LogP contribution < -0.4 is 10.6 Å². The molecule has 1 saturated heterocycles. The summed E-state index contributed by atoms with van der Waals surface area (Å²) < 4.78 is 0. The summed E-state index contributed by atoms with van der Waals surface area (Å²) in [6, 6.07) is 6.08. The van der Waals surface area contributed by atoms with Crippen molar-refractivity contribution < 1.29 is 9.72 Å². The minimum atomic E-state index is -0.459. The summed E-state index contributed by atoms with van der Waals surface area (Å²) in [5.41, 5.74) is 0.0619. The highest BCUT2D eigenvalue weighted by Gasteiger charge is 2.38. The van der Waals surface area contributed by atoms with Crippen molar-refractivity contribution in [3.63, 3.8) is 0 Å². The minimum Gasteiger partial charge on any atom is -0.325 e. The number of hydrogen-bond acceptors (Lipinski definition) is 4. The monoisotopic (exact) mass is 291 g/mol. The van der Waals surface area contributed by atoms with Crippen molar-refractivity contribution >= 4 is 17.3 Å². The summed E-state index contributed by atoms with van der Waals surface area (Å²) in [6.45, 7) is 3.67. The normalized spacial score (nSPS) is 21.8. The van der Waals surface area contributed by atoms with Crippen molar-refractivity contribution in [3.8, 4) is 0 Å². The van der Waals surface area contributed by atoms with Gasteiger partial charge in [-0.25, -0.2) is 0 Å². The molecule has 1 atom stereocenters. The lowest BCUT2D eigenvalue weighted by molar-refractivity contribution is -0.384. The highest BCUT2D eigenvalue weighted by molar-refractivity contribution is 5.95. The fourth-order valence-corrected chi connectivity index (χ4v) is 2.93. The van der Waals surface area contributed by atoms with Crippen molar-refractivity contribution in [2.45, 2.75) is 32.6 Å². The molecule has 0 spiro atoms. The van der Waals surface area contributed by atoms with Gasteiger partial charge in [-0.05, 0) is 31.9 Å². The number of nitro benzene ring substituents is 1. The lowest BCUT2D eigenvalue weighted by atomic mass is 9.76. The van der Waals surface area contributed by atoms with Gasteiger partial charge in [-0.15, -0.1) is 0 Å². The van der Waals surface area contributed by atoms with Gasteiger partial charge in [-0.3, -0.25) is 14.9 Å². The summed E-state index contributed by atoms with van der Waals surface area (Å²) >= 11 is 0. The van der Waals surface area contributed by atoms with Crippen LogP contribution in [0, 0.1) is 15.5 Å². The molecule has 2 N–H and O–H groups in total. The van der Waals surface area contributed by atoms with E-state index < -0.39 is 10.3 Å². The molecule has 0 bridgehead atoms. The van der Waals surface area contributed by atoms with Crippen LogP contribution in [0.25, 0.3) is 0 Å². The molecule has 1 aliphatic rings. The topological polar surface area (TPSA) is 84.3 Å². The van der Waals surface area contributed by atoms with Gasteiger partial charge in [0.25, 0.3) is 5.69 Å². The third-order valence-electron chi connectivity index (χ3n) is 4.00. The zero-order chi connectivity index (χ0) is 15.3. The number of carbonyl (C=O) groups excluding carboxylic acids is 1. The Morgan fingerprint density at radius 1 is 1.52 bits per heavy atom. The van der Waals surface area contributed by atoms with Gasteiger partial charge in [0.1, 0.15) is 0 Å². The molecule has 114 valence electrons. The second kappa shape index (κ2) is 6.67. The van der Waals surface area contributed by atoms with Crippen molar-refractivity contribution in [1.82, 2.24) is 5.32 Å². The molecule has 1 unspecified atom stereocenters. The van der Waals surface area contributed by atoms with E-state index in [1.54, 1.807) is 12.1 Å². The first-order valence-electron chi connectivity index (χ1n) is 7.34. The first-order chi connectivity index (χ1) is 10.1. The van der Waals surface area contributed by atoms with Gasteiger partial charge in [0.15, 0.2) is 0 Å². The van der Waals surface area contributed by atoms with Gasteiger partial charge in [0.2, 0.25) is 5.91 Å². The Morgan fingerprint density at radius 3 is 2.95 bits per heavy atom. The van der Waals surface area contributed by atoms with Crippen LogP contribution in [0.4, 0.5) is 11.4 Å². The molecule has 1 aromatic carbocycles. The Bertz CT molecular complexity index is 519. The zero-order valence-electron chi connectivity index (χ0n) is 12.2. The molecule has 0 aliphatic carbocycles. The number of nitrogens with zero attached hydrogens (tertiary/aromatic N) is 1. The van der Waals surface area contributed by atoms with Crippen LogP contribution in [0.5, 0.6) is 0 Å². The number of rotatable bonds is 5. The highest BCUT2D eigenvalue weighted by atomic mass is 16.6. The van der Waals surface area contributed by atoms with E-state index in [9.17, 15) is 14.9 Å². The van der Waals surface area contributed by atoms with E-state index in [2.05, 4.69) is 17.6 Å². The van der Waals surface area contributed by atoms with Crippen molar-refractivity contribution in [3.05, 3.63) is 34.4 Å². The molecular formula is C15H21N3O3. The Balaban J connectivity index is 2.15. The molecule has 21 heavy (non-hydrogen) atoms. The number of anilines is 1. The summed E-state index contributed by atoms with van der Waals surface area (Å²) in [7, 11) is 0. The van der Waals surface area contributed by atoms with Crippen LogP contribution in [0.15, 0.2) is 24.3 Å². The standard InChI is InChI=1S/C15H21N3O3/c1-2-7-15(8-4-9-16-11-15)14(19)17-12-5-3-6-13(10-12)18(20)21/h3,5-6,10,16H,2,4,7-9,11H2,1H3,(H,17,19). The second-order valence-corrected chi connectivity index (χ2v) is 5.57. The number of nitro groups is 1. The third-order valence-corrected chi connectivity index (χ3v) is 4.00. The number of carbonyl (C=O) groups is 1. The molecule has 1 heterocycles. The summed E-state index contributed by atoms with van der Waals surface area (Å²) in [5, 5.41) is 16.9. The van der Waals surface area contributed by atoms with E-state index in [-0.39, 0.29) is 11.6 Å². The predicted molar refractivity (Wildman–Crippen MR) is 81.2 cm³/mol. The average molecular weight is 291 g/mol. The molecule has 1 aromatic rings. The molecule has 1 fully saturated rings. The number of hydrogen-bond donors (Lipinski definition) is 2. The molecule has 6 nitrogen and oxygen atoms in total. The number of piperidine rings is 1. The van der Waals surface area contributed by atoms with Gasteiger partial charge in [0.05, 0.1) is 10.3 Å². The average Bonchev–Trinajstić information content (AvgIpc) is 2.48. The summed E-state index contributed by atoms with van der Waals surface area (Å²) in [4.78, 5) is 23.0. The van der Waals surface area contributed by atoms with Gasteiger partial charge < -0.3 is 10.6 Å². The van der Waals surface area contributed by atoms with Crippen LogP contribution >= 0.6 is 0 Å². The lowest BCUT2D eigenvalue weighted by Gasteiger charge is -2.36. The van der Waals surface area contributed by atoms with E-state index in [1.165, 1.54) is 12.1 Å². The van der Waals surface area contributed by atoms with Crippen LogP contribution in [0.3, 0.4) is 0 Å². The lowest BCUT2D eigenvalue weighted by Crippen LogP contribution is -2.48. The van der Waals surface area contributed by atoms with Gasteiger partial charge in [-0.2, -0.15) is 0 Å². The second-order valence-electron chi connectivity index (χ2n) is 5.57. The first kappa shape index (κ1) is 15.4. The number of benzene rings is 1. The summed E-state index contributed by atoms with van der Waals surface area (Å²) in [5.74, 6) is -0.0444. The SMILES string of the molecule is CCCC1(C(=O)Nc2cccc([N+](=O)[O-])c2)CCCNC1. The van der Waals surface area contributed by atoms with E-state index in [0.717, 1.165) is 32.2 Å². The Morgan fingerprint density at radius 2 is 2.33 bits per heavy atom. The zero-order valence-corrected chi connectivity index (χ0v) is 12.2. The molecule has 6 heteroatoms. The largest absolute Gasteiger partial charge is 0.325 e. The quantitative estimate of drug-likeness (QED) is 0.645. The van der Waals surface area contributed by atoms with E-state index in [4.69, 9.17) is 0 Å². The van der Waals surface area contributed by atoms with E-state index >= 15 is 0 Å². The van der Waals surface area contributed by atoms with Crippen LogP contribution in [-0.4, -0.2) is 23.9 Å². The maximum atomic E-state index is 12.6. The highest BCUT2D eigenvalue weighted by Crippen LogP contribution is 2.33. The summed E-state index contributed by atoms with van der Waals surface area (Å²) in [6.07, 6.45) is 3.59. The Hall–Kier alpha value is -1.95. The predicted octanol–water partition coefficient (Wildman–Crippen LogP) is 2.70. The smallest absolute Gasteiger partial charge is 0.271 e. The molecule has 0 radical (unpaired) electrons. The maximum absolute atomic E-state index is 12.6. The fourth-order valence-electron chi connectivity index (χ4n) is 2.93. The molecule has 2 rings (SSSR count). The number of nitrogens with one attached hydrogen (secondary N) is 2. The van der Waals surface area contributed by atoms with E-state index in [0.29, 0.717) is 12.2 Å². The molecule has 0 aromatic heterocycles. The van der Waals surface area contributed by atoms with Crippen molar-refractivity contribution in [2.75, 3.05) is 18.4 Å². The molecule has 1 amide bonds. The Labute approximate surface area is 124 Å². The van der Waals surface area contributed by atoms with Gasteiger partial charge in [0, 0.05) is 24.4 Å². The van der Waals surface area contributed by atoms with Crippen LogP contribution in [-0.2, 0) is 4.79 Å². The number of non-ortho nitro benzene ring substituents is 1. The van der Waals surface area contributed by atoms with Crippen molar-refractivity contribution in [2.24, 2.45) is 5.41 Å². The van der Waals surface area contributed by atoms with Crippen LogP contribution in [0.1, 0.15) is 32.6 Å². The van der Waals surface area contributed by atoms with Gasteiger partial charge in [-0.1, -0.05) is 19.4 Å². The maximum Gasteiger partial charge on any atom is 0.271 e. The van der Waals surface area contributed by atoms with Gasteiger partial charge >= 0.3 is 0 Å². The molecule has 0 saturated carbocycles. The Kier molecular flexibility index (Phi) is 4.90.